The van der Waals surface area contributed by atoms with Gasteiger partial charge in [-0.25, -0.2) is 8.42 Å². The molecule has 5 nitrogen and oxygen atoms in total. The second-order valence-electron chi connectivity index (χ2n) is 3.65. The van der Waals surface area contributed by atoms with Gasteiger partial charge in [0.25, 0.3) is 0 Å². The van der Waals surface area contributed by atoms with Crippen LogP contribution in [-0.4, -0.2) is 27.5 Å². The average molecular weight is 276 g/mol. The Kier molecular flexibility index (Phi) is 3.11. The van der Waals surface area contributed by atoms with Crippen molar-refractivity contribution in [3.05, 3.63) is 28.8 Å². The zero-order chi connectivity index (χ0) is 12.6. The van der Waals surface area contributed by atoms with E-state index in [1.807, 2.05) is 0 Å². The number of rotatable bonds is 1. The van der Waals surface area contributed by atoms with Crippen molar-refractivity contribution in [3.8, 4) is 0 Å². The summed E-state index contributed by atoms with van der Waals surface area (Å²) in [6.07, 6.45) is 0.238. The highest BCUT2D eigenvalue weighted by molar-refractivity contribution is 7.89. The van der Waals surface area contributed by atoms with E-state index in [-0.39, 0.29) is 11.3 Å². The van der Waals surface area contributed by atoms with Crippen LogP contribution in [-0.2, 0) is 26.0 Å². The van der Waals surface area contributed by atoms with Crippen molar-refractivity contribution >= 4 is 27.6 Å². The summed E-state index contributed by atoms with van der Waals surface area (Å²) in [4.78, 5) is 11.5. The lowest BCUT2D eigenvalue weighted by molar-refractivity contribution is -0.142. The lowest BCUT2D eigenvalue weighted by atomic mass is 10.1. The number of carbonyl (C=O) groups excluding carboxylic acids is 1. The minimum Gasteiger partial charge on any atom is -0.468 e. The van der Waals surface area contributed by atoms with E-state index in [1.165, 1.54) is 19.2 Å². The molecule has 7 heteroatoms. The third kappa shape index (κ3) is 2.29. The summed E-state index contributed by atoms with van der Waals surface area (Å²) < 4.78 is 30.5. The zero-order valence-electron chi connectivity index (χ0n) is 8.94. The Morgan fingerprint density at radius 2 is 2.24 bits per heavy atom. The molecule has 0 aromatic heterocycles. The van der Waals surface area contributed by atoms with Crippen molar-refractivity contribution in [3.63, 3.8) is 0 Å². The van der Waals surface area contributed by atoms with Gasteiger partial charge < -0.3 is 4.74 Å². The van der Waals surface area contributed by atoms with Crippen LogP contribution in [0.15, 0.2) is 23.1 Å². The fourth-order valence-electron chi connectivity index (χ4n) is 1.76. The van der Waals surface area contributed by atoms with Crippen LogP contribution in [0.4, 0.5) is 0 Å². The highest BCUT2D eigenvalue weighted by atomic mass is 35.5. The first-order valence-electron chi connectivity index (χ1n) is 4.82. The smallest absolute Gasteiger partial charge is 0.324 e. The van der Waals surface area contributed by atoms with Crippen LogP contribution < -0.4 is 4.72 Å². The van der Waals surface area contributed by atoms with Gasteiger partial charge in [-0.2, -0.15) is 4.72 Å². The molecule has 1 aliphatic rings. The fraction of sp³-hybridized carbons (Fsp3) is 0.300. The zero-order valence-corrected chi connectivity index (χ0v) is 10.5. The number of methoxy groups -OCH3 is 1. The van der Waals surface area contributed by atoms with Crippen molar-refractivity contribution < 1.29 is 17.9 Å². The highest BCUT2D eigenvalue weighted by Crippen LogP contribution is 2.26. The summed E-state index contributed by atoms with van der Waals surface area (Å²) >= 11 is 5.80. The number of carbonyl (C=O) groups is 1. The van der Waals surface area contributed by atoms with Gasteiger partial charge in [0.15, 0.2) is 0 Å². The Bertz CT molecular complexity index is 570. The van der Waals surface area contributed by atoms with E-state index in [0.29, 0.717) is 10.6 Å². The second-order valence-corrected chi connectivity index (χ2v) is 5.77. The van der Waals surface area contributed by atoms with Crippen LogP contribution in [0.2, 0.25) is 5.02 Å². The molecular weight excluding hydrogens is 266 g/mol. The molecule has 0 aliphatic carbocycles. The molecular formula is C10H10ClNO4S. The van der Waals surface area contributed by atoms with E-state index in [4.69, 9.17) is 11.6 Å². The van der Waals surface area contributed by atoms with Crippen molar-refractivity contribution in [2.45, 2.75) is 17.4 Å². The molecule has 1 aromatic rings. The van der Waals surface area contributed by atoms with E-state index in [9.17, 15) is 13.2 Å². The molecule has 0 saturated heterocycles. The van der Waals surface area contributed by atoms with E-state index in [0.717, 1.165) is 0 Å². The van der Waals surface area contributed by atoms with Gasteiger partial charge >= 0.3 is 5.97 Å². The summed E-state index contributed by atoms with van der Waals surface area (Å²) in [5.41, 5.74) is 0.520. The summed E-state index contributed by atoms with van der Waals surface area (Å²) in [5.74, 6) is -0.612. The lowest BCUT2D eigenvalue weighted by Crippen LogP contribution is -2.46. The molecule has 1 heterocycles. The maximum absolute atomic E-state index is 11.9. The highest BCUT2D eigenvalue weighted by Gasteiger charge is 2.34. The fourth-order valence-corrected chi connectivity index (χ4v) is 3.37. The summed E-state index contributed by atoms with van der Waals surface area (Å²) in [6.45, 7) is 0. The van der Waals surface area contributed by atoms with E-state index >= 15 is 0 Å². The number of nitrogens with one attached hydrogen (secondary N) is 1. The Balaban J connectivity index is 2.49. The van der Waals surface area contributed by atoms with Gasteiger partial charge in [-0.3, -0.25) is 4.79 Å². The Morgan fingerprint density at radius 1 is 1.53 bits per heavy atom. The first-order chi connectivity index (χ1) is 7.94. The number of hydrogen-bond acceptors (Lipinski definition) is 4. The molecule has 0 amide bonds. The van der Waals surface area contributed by atoms with Crippen LogP contribution in [0.25, 0.3) is 0 Å². The van der Waals surface area contributed by atoms with E-state index < -0.39 is 22.0 Å². The molecule has 1 unspecified atom stereocenters. The molecule has 1 N–H and O–H groups in total. The number of halogens is 1. The maximum atomic E-state index is 11.9. The third-order valence-corrected chi connectivity index (χ3v) is 4.33. The first kappa shape index (κ1) is 12.3. The number of esters is 1. The van der Waals surface area contributed by atoms with E-state index in [2.05, 4.69) is 9.46 Å². The van der Waals surface area contributed by atoms with Crippen molar-refractivity contribution in [1.29, 1.82) is 0 Å². The summed E-state index contributed by atoms with van der Waals surface area (Å²) in [6, 6.07) is 3.58. The molecule has 1 aliphatic heterocycles. The monoisotopic (exact) mass is 275 g/mol. The van der Waals surface area contributed by atoms with Gasteiger partial charge in [-0.15, -0.1) is 0 Å². The number of benzene rings is 1. The van der Waals surface area contributed by atoms with Crippen LogP contribution in [0.3, 0.4) is 0 Å². The summed E-state index contributed by atoms with van der Waals surface area (Å²) in [5, 5.41) is 0.435. The summed E-state index contributed by atoms with van der Waals surface area (Å²) in [7, 11) is -2.46. The number of fused-ring (bicyclic) bond motifs is 1. The third-order valence-electron chi connectivity index (χ3n) is 2.52. The number of sulfonamides is 1. The van der Waals surface area contributed by atoms with Crippen LogP contribution in [0.1, 0.15) is 5.56 Å². The van der Waals surface area contributed by atoms with Crippen molar-refractivity contribution in [2.24, 2.45) is 0 Å². The number of hydrogen-bond donors (Lipinski definition) is 1. The predicted molar refractivity (Wildman–Crippen MR) is 61.3 cm³/mol. The molecule has 0 saturated carbocycles. The predicted octanol–water partition coefficient (Wildman–Crippen LogP) is 0.716. The van der Waals surface area contributed by atoms with Gasteiger partial charge in [-0.1, -0.05) is 11.6 Å². The van der Waals surface area contributed by atoms with Crippen LogP contribution >= 0.6 is 11.6 Å². The number of ether oxygens (including phenoxy) is 1. The van der Waals surface area contributed by atoms with Crippen LogP contribution in [0.5, 0.6) is 0 Å². The van der Waals surface area contributed by atoms with Gasteiger partial charge in [0.2, 0.25) is 10.0 Å². The second kappa shape index (κ2) is 4.29. The lowest BCUT2D eigenvalue weighted by Gasteiger charge is -2.24. The Morgan fingerprint density at radius 3 is 2.88 bits per heavy atom. The molecule has 92 valence electrons. The Labute approximate surface area is 104 Å². The SMILES string of the molecule is COC(=O)C1Cc2cc(Cl)ccc2S(=O)(=O)N1. The normalized spacial score (nSPS) is 21.6. The first-order valence-corrected chi connectivity index (χ1v) is 6.69. The van der Waals surface area contributed by atoms with Gasteiger partial charge in [0.1, 0.15) is 6.04 Å². The van der Waals surface area contributed by atoms with Gasteiger partial charge in [0.05, 0.1) is 12.0 Å². The molecule has 17 heavy (non-hydrogen) atoms. The van der Waals surface area contributed by atoms with Gasteiger partial charge in [-0.05, 0) is 23.8 Å². The Hall–Kier alpha value is -1.11. The molecule has 2 rings (SSSR count). The topological polar surface area (TPSA) is 72.5 Å². The van der Waals surface area contributed by atoms with Crippen molar-refractivity contribution in [1.82, 2.24) is 4.72 Å². The standard InChI is InChI=1S/C10H10ClNO4S/c1-16-10(13)8-5-6-4-7(11)2-3-9(6)17(14,15)12-8/h2-4,8,12H,5H2,1H3. The van der Waals surface area contributed by atoms with E-state index in [1.54, 1.807) is 6.07 Å². The molecule has 1 atom stereocenters. The largest absolute Gasteiger partial charge is 0.468 e. The molecule has 0 spiro atoms. The molecule has 0 fully saturated rings. The minimum atomic E-state index is -3.67. The average Bonchev–Trinajstić information content (AvgIpc) is 2.26. The molecule has 0 radical (unpaired) electrons. The quantitative estimate of drug-likeness (QED) is 0.767. The minimum absolute atomic E-state index is 0.155. The molecule has 0 bridgehead atoms. The van der Waals surface area contributed by atoms with Gasteiger partial charge in [0, 0.05) is 11.4 Å². The molecule has 1 aromatic carbocycles. The maximum Gasteiger partial charge on any atom is 0.324 e. The van der Waals surface area contributed by atoms with Crippen LogP contribution in [0, 0.1) is 0 Å². The van der Waals surface area contributed by atoms with Crippen molar-refractivity contribution in [2.75, 3.05) is 7.11 Å².